The number of nitrogens with zero attached hydrogens (tertiary/aromatic N) is 4. The third-order valence-corrected chi connectivity index (χ3v) is 6.26. The van der Waals surface area contributed by atoms with Crippen molar-refractivity contribution in [1.29, 1.82) is 0 Å². The maximum atomic E-state index is 14.0. The van der Waals surface area contributed by atoms with Crippen molar-refractivity contribution in [2.45, 2.75) is 38.3 Å². The van der Waals surface area contributed by atoms with Crippen LogP contribution in [0.5, 0.6) is 0 Å². The molecule has 4 heterocycles. The van der Waals surface area contributed by atoms with Crippen LogP contribution in [0, 0.1) is 0 Å². The second-order valence-corrected chi connectivity index (χ2v) is 8.22. The molecule has 5 nitrogen and oxygen atoms in total. The van der Waals surface area contributed by atoms with E-state index in [2.05, 4.69) is 10.1 Å². The fourth-order valence-electron chi connectivity index (χ4n) is 3.99. The average Bonchev–Trinajstić information content (AvgIpc) is 3.35. The Morgan fingerprint density at radius 3 is 2.83 bits per heavy atom. The molecule has 0 saturated carbocycles. The second kappa shape index (κ2) is 7.44. The highest BCUT2D eigenvalue weighted by Crippen LogP contribution is 2.41. The molecule has 1 saturated heterocycles. The second-order valence-electron chi connectivity index (χ2n) is 7.27. The number of rotatable bonds is 3. The van der Waals surface area contributed by atoms with Crippen LogP contribution in [0.3, 0.4) is 0 Å². The van der Waals surface area contributed by atoms with Crippen LogP contribution in [0.4, 0.5) is 13.2 Å². The molecule has 154 valence electrons. The number of carbonyl (C=O) groups is 1. The lowest BCUT2D eigenvalue weighted by atomic mass is 9.91. The van der Waals surface area contributed by atoms with E-state index in [4.69, 9.17) is 0 Å². The molecule has 0 bridgehead atoms. The van der Waals surface area contributed by atoms with Gasteiger partial charge in [-0.2, -0.15) is 18.3 Å². The molecule has 1 aliphatic rings. The zero-order valence-corrected chi connectivity index (χ0v) is 17.0. The van der Waals surface area contributed by atoms with E-state index < -0.39 is 11.7 Å². The molecule has 9 heteroatoms. The van der Waals surface area contributed by atoms with Gasteiger partial charge in [0.1, 0.15) is 0 Å². The lowest BCUT2D eigenvalue weighted by Gasteiger charge is -2.32. The van der Waals surface area contributed by atoms with Crippen LogP contribution in [0.25, 0.3) is 21.6 Å². The van der Waals surface area contributed by atoms with E-state index in [1.54, 1.807) is 31.0 Å². The Labute approximate surface area is 170 Å². The molecule has 4 rings (SSSR count). The van der Waals surface area contributed by atoms with Crippen molar-refractivity contribution in [1.82, 2.24) is 19.7 Å². The van der Waals surface area contributed by atoms with Crippen LogP contribution in [0.15, 0.2) is 23.6 Å². The van der Waals surface area contributed by atoms with Gasteiger partial charge in [-0.1, -0.05) is 13.0 Å². The minimum absolute atomic E-state index is 0.0177. The van der Waals surface area contributed by atoms with Gasteiger partial charge in [-0.3, -0.25) is 9.48 Å². The summed E-state index contributed by atoms with van der Waals surface area (Å²) in [6, 6.07) is 4.66. The van der Waals surface area contributed by atoms with Crippen LogP contribution in [-0.4, -0.2) is 38.7 Å². The number of piperidine rings is 1. The molecule has 0 aromatic carbocycles. The third-order valence-electron chi connectivity index (χ3n) is 5.36. The third kappa shape index (κ3) is 3.63. The number of pyridine rings is 1. The van der Waals surface area contributed by atoms with Gasteiger partial charge in [0, 0.05) is 32.5 Å². The van der Waals surface area contributed by atoms with Gasteiger partial charge in [-0.25, -0.2) is 4.98 Å². The molecule has 1 atom stereocenters. The Morgan fingerprint density at radius 2 is 2.17 bits per heavy atom. The molecule has 1 unspecified atom stereocenters. The SMILES string of the molecule is CCC(=O)N1CCCC(c2nn(C)c3nc(-c4cccs4)cc(C(F)(F)F)c23)C1. The molecule has 3 aromatic rings. The maximum Gasteiger partial charge on any atom is 0.417 e. The number of aryl methyl sites for hydroxylation is 1. The van der Waals surface area contributed by atoms with Gasteiger partial charge in [0.05, 0.1) is 27.2 Å². The maximum absolute atomic E-state index is 14.0. The largest absolute Gasteiger partial charge is 0.417 e. The molecule has 29 heavy (non-hydrogen) atoms. The quantitative estimate of drug-likeness (QED) is 0.607. The number of hydrogen-bond acceptors (Lipinski definition) is 4. The van der Waals surface area contributed by atoms with Crippen LogP contribution in [0.1, 0.15) is 43.4 Å². The predicted octanol–water partition coefficient (Wildman–Crippen LogP) is 4.83. The van der Waals surface area contributed by atoms with Gasteiger partial charge in [0.15, 0.2) is 5.65 Å². The number of amides is 1. The predicted molar refractivity (Wildman–Crippen MR) is 106 cm³/mol. The summed E-state index contributed by atoms with van der Waals surface area (Å²) in [7, 11) is 1.62. The summed E-state index contributed by atoms with van der Waals surface area (Å²) in [5, 5.41) is 6.31. The number of alkyl halides is 3. The lowest BCUT2D eigenvalue weighted by molar-refractivity contribution is -0.136. The zero-order valence-electron chi connectivity index (χ0n) is 16.2. The van der Waals surface area contributed by atoms with Crippen molar-refractivity contribution >= 4 is 28.3 Å². The van der Waals surface area contributed by atoms with E-state index in [1.165, 1.54) is 16.0 Å². The number of aromatic nitrogens is 3. The number of likely N-dealkylation sites (tertiary alicyclic amines) is 1. The molecule has 0 aliphatic carbocycles. The van der Waals surface area contributed by atoms with Crippen LogP contribution in [0.2, 0.25) is 0 Å². The number of thiophene rings is 1. The van der Waals surface area contributed by atoms with Crippen molar-refractivity contribution < 1.29 is 18.0 Å². The van der Waals surface area contributed by atoms with E-state index in [0.29, 0.717) is 42.2 Å². The first-order valence-electron chi connectivity index (χ1n) is 9.56. The van der Waals surface area contributed by atoms with Gasteiger partial charge >= 0.3 is 6.18 Å². The fraction of sp³-hybridized carbons (Fsp3) is 0.450. The molecule has 1 fully saturated rings. The Hall–Kier alpha value is -2.42. The zero-order chi connectivity index (χ0) is 20.8. The summed E-state index contributed by atoms with van der Waals surface area (Å²) in [4.78, 5) is 19.0. The summed E-state index contributed by atoms with van der Waals surface area (Å²) in [5.41, 5.74) is 0.180. The first kappa shape index (κ1) is 19.9. The molecule has 1 amide bonds. The number of fused-ring (bicyclic) bond motifs is 1. The topological polar surface area (TPSA) is 51.0 Å². The van der Waals surface area contributed by atoms with Crippen molar-refractivity contribution in [3.63, 3.8) is 0 Å². The molecule has 3 aromatic heterocycles. The van der Waals surface area contributed by atoms with Gasteiger partial charge < -0.3 is 4.90 Å². The van der Waals surface area contributed by atoms with Gasteiger partial charge in [0.2, 0.25) is 5.91 Å². The highest BCUT2D eigenvalue weighted by molar-refractivity contribution is 7.13. The summed E-state index contributed by atoms with van der Waals surface area (Å²) in [6.45, 7) is 2.82. The summed E-state index contributed by atoms with van der Waals surface area (Å²) in [5.74, 6) is -0.220. The fourth-order valence-corrected chi connectivity index (χ4v) is 4.67. The molecule has 0 spiro atoms. The lowest BCUT2D eigenvalue weighted by Crippen LogP contribution is -2.38. The Kier molecular flexibility index (Phi) is 5.10. The van der Waals surface area contributed by atoms with Crippen molar-refractivity contribution in [2.24, 2.45) is 7.05 Å². The van der Waals surface area contributed by atoms with E-state index in [-0.39, 0.29) is 22.9 Å². The minimum Gasteiger partial charge on any atom is -0.342 e. The van der Waals surface area contributed by atoms with E-state index in [9.17, 15) is 18.0 Å². The normalized spacial score (nSPS) is 17.8. The van der Waals surface area contributed by atoms with Crippen LogP contribution >= 0.6 is 11.3 Å². The van der Waals surface area contributed by atoms with Crippen molar-refractivity contribution in [3.8, 4) is 10.6 Å². The monoisotopic (exact) mass is 422 g/mol. The smallest absolute Gasteiger partial charge is 0.342 e. The van der Waals surface area contributed by atoms with Crippen LogP contribution in [-0.2, 0) is 18.0 Å². The summed E-state index contributed by atoms with van der Waals surface area (Å²) >= 11 is 1.35. The van der Waals surface area contributed by atoms with Gasteiger partial charge in [-0.15, -0.1) is 11.3 Å². The molecular weight excluding hydrogens is 401 g/mol. The van der Waals surface area contributed by atoms with E-state index in [1.807, 2.05) is 5.38 Å². The molecule has 1 aliphatic heterocycles. The van der Waals surface area contributed by atoms with E-state index in [0.717, 1.165) is 12.5 Å². The summed E-state index contributed by atoms with van der Waals surface area (Å²) < 4.78 is 43.5. The average molecular weight is 422 g/mol. The van der Waals surface area contributed by atoms with Gasteiger partial charge in [-0.05, 0) is 30.4 Å². The van der Waals surface area contributed by atoms with E-state index >= 15 is 0 Å². The standard InChI is InChI=1S/C20H21F3N4OS/c1-3-16(28)27-8-4-6-12(11-27)18-17-13(20(21,22)23)10-14(15-7-5-9-29-15)24-19(17)26(2)25-18/h5,7,9-10,12H,3-4,6,8,11H2,1-2H3. The van der Waals surface area contributed by atoms with Crippen molar-refractivity contribution in [3.05, 3.63) is 34.8 Å². The highest BCUT2D eigenvalue weighted by atomic mass is 32.1. The number of hydrogen-bond donors (Lipinski definition) is 0. The first-order chi connectivity index (χ1) is 13.8. The Bertz CT molecular complexity index is 1040. The minimum atomic E-state index is -4.53. The molecular formula is C20H21F3N4OS. The van der Waals surface area contributed by atoms with Gasteiger partial charge in [0.25, 0.3) is 0 Å². The van der Waals surface area contributed by atoms with Crippen LogP contribution < -0.4 is 0 Å². The first-order valence-corrected chi connectivity index (χ1v) is 10.4. The summed E-state index contributed by atoms with van der Waals surface area (Å²) in [6.07, 6.45) is -2.70. The Morgan fingerprint density at radius 1 is 1.38 bits per heavy atom. The Balaban J connectivity index is 1.87. The molecule has 0 radical (unpaired) electrons. The number of halogens is 3. The number of carbonyl (C=O) groups excluding carboxylic acids is 1. The molecule has 0 N–H and O–H groups in total. The highest BCUT2D eigenvalue weighted by Gasteiger charge is 2.38. The van der Waals surface area contributed by atoms with Crippen molar-refractivity contribution in [2.75, 3.05) is 13.1 Å².